The highest BCUT2D eigenvalue weighted by molar-refractivity contribution is 7.89. The summed E-state index contributed by atoms with van der Waals surface area (Å²) in [7, 11) is -0.177. The smallest absolute Gasteiger partial charge is 0.268 e. The first-order chi connectivity index (χ1) is 16.8. The van der Waals surface area contributed by atoms with Crippen molar-refractivity contribution in [2.24, 2.45) is 14.1 Å². The third-order valence-corrected chi connectivity index (χ3v) is 9.11. The number of carbonyl (C=O) groups excluding carboxylic acids is 1. The highest BCUT2D eigenvalue weighted by Gasteiger charge is 2.33. The molecule has 0 unspecified atom stereocenters. The van der Waals surface area contributed by atoms with E-state index >= 15 is 0 Å². The van der Waals surface area contributed by atoms with Crippen molar-refractivity contribution in [1.82, 2.24) is 29.0 Å². The maximum absolute atomic E-state index is 13.5. The Morgan fingerprint density at radius 2 is 1.94 bits per heavy atom. The Morgan fingerprint density at radius 1 is 1.17 bits per heavy atom. The minimum Gasteiger partial charge on any atom is -0.356 e. The molecule has 1 saturated heterocycles. The van der Waals surface area contributed by atoms with Crippen LogP contribution in [-0.4, -0.2) is 57.6 Å². The van der Waals surface area contributed by atoms with E-state index < -0.39 is 10.0 Å². The van der Waals surface area contributed by atoms with Gasteiger partial charge in [0.05, 0.1) is 6.20 Å². The number of hydrogen-bond donors (Lipinski definition) is 1. The lowest BCUT2D eigenvalue weighted by Gasteiger charge is -2.26. The van der Waals surface area contributed by atoms with E-state index in [1.807, 2.05) is 19.2 Å². The fourth-order valence-electron chi connectivity index (χ4n) is 5.01. The van der Waals surface area contributed by atoms with Crippen molar-refractivity contribution in [2.75, 3.05) is 24.5 Å². The van der Waals surface area contributed by atoms with E-state index in [0.717, 1.165) is 48.6 Å². The Balaban J connectivity index is 1.34. The average Bonchev–Trinajstić information content (AvgIpc) is 3.59. The molecule has 2 aliphatic heterocycles. The van der Waals surface area contributed by atoms with Gasteiger partial charge in [-0.3, -0.25) is 9.48 Å². The third kappa shape index (κ3) is 4.23. The van der Waals surface area contributed by atoms with Crippen LogP contribution in [0.4, 0.5) is 5.82 Å². The zero-order valence-electron chi connectivity index (χ0n) is 20.4. The SMILES string of the molecule is Cc1c(S(=O)(=O)N2CCc3c(cnn3C)C2)cc(C(=O)NCc2cccnc2N2CCCC2)n1C. The molecule has 11 heteroatoms. The highest BCUT2D eigenvalue weighted by Crippen LogP contribution is 2.28. The van der Waals surface area contributed by atoms with Gasteiger partial charge in [-0.25, -0.2) is 13.4 Å². The van der Waals surface area contributed by atoms with Crippen LogP contribution in [0.15, 0.2) is 35.5 Å². The van der Waals surface area contributed by atoms with E-state index in [2.05, 4.69) is 20.3 Å². The van der Waals surface area contributed by atoms with Crippen LogP contribution in [0.2, 0.25) is 0 Å². The lowest BCUT2D eigenvalue weighted by atomic mass is 10.1. The molecule has 1 fully saturated rings. The number of aromatic nitrogens is 4. The van der Waals surface area contributed by atoms with E-state index in [1.54, 1.807) is 35.6 Å². The van der Waals surface area contributed by atoms with Gasteiger partial charge in [-0.2, -0.15) is 9.40 Å². The largest absolute Gasteiger partial charge is 0.356 e. The van der Waals surface area contributed by atoms with Crippen molar-refractivity contribution in [3.8, 4) is 0 Å². The van der Waals surface area contributed by atoms with Gasteiger partial charge in [0.25, 0.3) is 5.91 Å². The third-order valence-electron chi connectivity index (χ3n) is 7.14. The molecule has 35 heavy (non-hydrogen) atoms. The minimum atomic E-state index is -3.77. The van der Waals surface area contributed by atoms with E-state index in [4.69, 9.17) is 0 Å². The molecular weight excluding hydrogens is 466 g/mol. The van der Waals surface area contributed by atoms with Crippen molar-refractivity contribution in [3.63, 3.8) is 0 Å². The van der Waals surface area contributed by atoms with Gasteiger partial charge in [-0.05, 0) is 31.9 Å². The monoisotopic (exact) mass is 497 g/mol. The van der Waals surface area contributed by atoms with Gasteiger partial charge in [0.1, 0.15) is 16.4 Å². The van der Waals surface area contributed by atoms with Gasteiger partial charge in [0.2, 0.25) is 10.0 Å². The highest BCUT2D eigenvalue weighted by atomic mass is 32.2. The van der Waals surface area contributed by atoms with Gasteiger partial charge in [0.15, 0.2) is 0 Å². The van der Waals surface area contributed by atoms with Crippen LogP contribution in [-0.2, 0) is 43.6 Å². The summed E-state index contributed by atoms with van der Waals surface area (Å²) in [5.41, 5.74) is 3.77. The topological polar surface area (TPSA) is 105 Å². The summed E-state index contributed by atoms with van der Waals surface area (Å²) >= 11 is 0. The first kappa shape index (κ1) is 23.6. The number of aryl methyl sites for hydroxylation is 1. The average molecular weight is 498 g/mol. The first-order valence-corrected chi connectivity index (χ1v) is 13.3. The lowest BCUT2D eigenvalue weighted by molar-refractivity contribution is 0.0942. The summed E-state index contributed by atoms with van der Waals surface area (Å²) in [5.74, 6) is 0.581. The van der Waals surface area contributed by atoms with Gasteiger partial charge < -0.3 is 14.8 Å². The number of amides is 1. The lowest BCUT2D eigenvalue weighted by Crippen LogP contribution is -2.36. The zero-order chi connectivity index (χ0) is 24.7. The van der Waals surface area contributed by atoms with Gasteiger partial charge in [-0.15, -0.1) is 0 Å². The molecule has 0 aliphatic carbocycles. The van der Waals surface area contributed by atoms with Gasteiger partial charge >= 0.3 is 0 Å². The first-order valence-electron chi connectivity index (χ1n) is 11.9. The summed E-state index contributed by atoms with van der Waals surface area (Å²) in [6, 6.07) is 5.32. The number of sulfonamides is 1. The Hall–Kier alpha value is -3.18. The number of nitrogens with zero attached hydrogens (tertiary/aromatic N) is 6. The number of rotatable bonds is 6. The Bertz CT molecular complexity index is 1370. The number of fused-ring (bicyclic) bond motifs is 1. The molecule has 2 aliphatic rings. The molecule has 5 heterocycles. The fraction of sp³-hybridized carbons (Fsp3) is 0.458. The maximum Gasteiger partial charge on any atom is 0.268 e. The summed E-state index contributed by atoms with van der Waals surface area (Å²) < 4.78 is 32.0. The van der Waals surface area contributed by atoms with Crippen LogP contribution < -0.4 is 10.2 Å². The molecule has 3 aromatic heterocycles. The van der Waals surface area contributed by atoms with Crippen molar-refractivity contribution in [2.45, 2.75) is 44.2 Å². The minimum absolute atomic E-state index is 0.164. The molecule has 0 atom stereocenters. The maximum atomic E-state index is 13.5. The molecule has 0 saturated carbocycles. The molecule has 0 bridgehead atoms. The normalized spacial score (nSPS) is 16.5. The van der Waals surface area contributed by atoms with Crippen LogP contribution >= 0.6 is 0 Å². The van der Waals surface area contributed by atoms with Crippen LogP contribution in [0.3, 0.4) is 0 Å². The zero-order valence-corrected chi connectivity index (χ0v) is 21.2. The second kappa shape index (κ2) is 9.12. The molecular formula is C24H31N7O3S. The van der Waals surface area contributed by atoms with Crippen LogP contribution in [0.25, 0.3) is 0 Å². The Kier molecular flexibility index (Phi) is 6.14. The van der Waals surface area contributed by atoms with Crippen molar-refractivity contribution >= 4 is 21.7 Å². The summed E-state index contributed by atoms with van der Waals surface area (Å²) in [6.45, 7) is 4.64. The van der Waals surface area contributed by atoms with E-state index in [-0.39, 0.29) is 17.3 Å². The second-order valence-corrected chi connectivity index (χ2v) is 11.1. The number of pyridine rings is 1. The second-order valence-electron chi connectivity index (χ2n) is 9.23. The molecule has 3 aromatic rings. The number of carbonyl (C=O) groups is 1. The van der Waals surface area contributed by atoms with E-state index in [0.29, 0.717) is 30.9 Å². The molecule has 0 spiro atoms. The molecule has 1 amide bonds. The molecule has 0 radical (unpaired) electrons. The number of nitrogens with one attached hydrogen (secondary N) is 1. The number of hydrogen-bond acceptors (Lipinski definition) is 6. The Morgan fingerprint density at radius 3 is 2.71 bits per heavy atom. The fourth-order valence-corrected chi connectivity index (χ4v) is 6.69. The molecule has 1 N–H and O–H groups in total. The van der Waals surface area contributed by atoms with Crippen LogP contribution in [0, 0.1) is 6.92 Å². The van der Waals surface area contributed by atoms with E-state index in [9.17, 15) is 13.2 Å². The summed E-state index contributed by atoms with van der Waals surface area (Å²) in [6.07, 6.45) is 6.38. The summed E-state index contributed by atoms with van der Waals surface area (Å²) in [4.78, 5) is 20.1. The van der Waals surface area contributed by atoms with Crippen molar-refractivity contribution < 1.29 is 13.2 Å². The van der Waals surface area contributed by atoms with Crippen LogP contribution in [0.5, 0.6) is 0 Å². The van der Waals surface area contributed by atoms with E-state index in [1.165, 1.54) is 10.4 Å². The predicted octanol–water partition coefficient (Wildman–Crippen LogP) is 1.74. The van der Waals surface area contributed by atoms with Crippen molar-refractivity contribution in [3.05, 3.63) is 58.8 Å². The van der Waals surface area contributed by atoms with Gasteiger partial charge in [-0.1, -0.05) is 6.07 Å². The predicted molar refractivity (Wildman–Crippen MR) is 132 cm³/mol. The molecule has 0 aromatic carbocycles. The molecule has 186 valence electrons. The Labute approximate surface area is 205 Å². The van der Waals surface area contributed by atoms with Crippen LogP contribution in [0.1, 0.15) is 45.8 Å². The quantitative estimate of drug-likeness (QED) is 0.556. The standard InChI is InChI=1S/C24H31N7O3S/c1-17-22(35(33,34)31-12-8-20-19(16-31)15-27-29(20)3)13-21(28(17)2)24(32)26-14-18-7-6-9-25-23(18)30-10-4-5-11-30/h6-7,9,13,15H,4-5,8,10-12,14,16H2,1-3H3,(H,26,32). The molecule has 5 rings (SSSR count). The van der Waals surface area contributed by atoms with Gasteiger partial charge in [0, 0.05) is 82.0 Å². The van der Waals surface area contributed by atoms with Crippen molar-refractivity contribution in [1.29, 1.82) is 0 Å². The molecule has 10 nitrogen and oxygen atoms in total. The number of anilines is 1. The summed E-state index contributed by atoms with van der Waals surface area (Å²) in [5, 5.41) is 7.22.